The van der Waals surface area contributed by atoms with Crippen LogP contribution >= 0.6 is 0 Å². The van der Waals surface area contributed by atoms with Crippen LogP contribution in [0.15, 0.2) is 29.6 Å². The van der Waals surface area contributed by atoms with Gasteiger partial charge in [0.1, 0.15) is 5.75 Å². The molecule has 0 fully saturated rings. The van der Waals surface area contributed by atoms with E-state index in [1.54, 1.807) is 19.4 Å². The molecule has 1 unspecified atom stereocenters. The lowest BCUT2D eigenvalue weighted by atomic mass is 9.80. The molecule has 2 aromatic heterocycles. The number of ketones is 1. The summed E-state index contributed by atoms with van der Waals surface area (Å²) in [6.07, 6.45) is 1.72. The summed E-state index contributed by atoms with van der Waals surface area (Å²) >= 11 is 0. The predicted molar refractivity (Wildman–Crippen MR) is 113 cm³/mol. The molecule has 1 atom stereocenters. The standard InChI is InChI=1S/C22H25N3O3S/c1-12-10-23-13(7-18(12)28-6)11-29(27)20-24-16-8-14-15(9-17(16)25-20)22(4,5)19(26)21(14,2)3/h7-10H,11H2,1-6H3,(H,24,25). The summed E-state index contributed by atoms with van der Waals surface area (Å²) in [6.45, 7) is 9.74. The Morgan fingerprint density at radius 3 is 2.41 bits per heavy atom. The number of benzene rings is 1. The Labute approximate surface area is 172 Å². The summed E-state index contributed by atoms with van der Waals surface area (Å²) in [5.74, 6) is 1.17. The number of methoxy groups -OCH3 is 1. The van der Waals surface area contributed by atoms with E-state index in [0.717, 1.165) is 33.5 Å². The van der Waals surface area contributed by atoms with Crippen LogP contribution in [0.5, 0.6) is 5.75 Å². The summed E-state index contributed by atoms with van der Waals surface area (Å²) in [5, 5.41) is 0.409. The van der Waals surface area contributed by atoms with E-state index in [4.69, 9.17) is 4.74 Å². The zero-order valence-corrected chi connectivity index (χ0v) is 18.4. The molecule has 1 aromatic carbocycles. The van der Waals surface area contributed by atoms with Crippen LogP contribution in [-0.4, -0.2) is 32.1 Å². The fourth-order valence-electron chi connectivity index (χ4n) is 4.25. The molecule has 0 amide bonds. The lowest BCUT2D eigenvalue weighted by Gasteiger charge is -2.21. The minimum Gasteiger partial charge on any atom is -0.496 e. The van der Waals surface area contributed by atoms with E-state index >= 15 is 0 Å². The van der Waals surface area contributed by atoms with Gasteiger partial charge in [-0.05, 0) is 57.9 Å². The van der Waals surface area contributed by atoms with Gasteiger partial charge in [-0.15, -0.1) is 0 Å². The maximum atomic E-state index is 12.9. The number of aryl methyl sites for hydroxylation is 1. The number of pyridine rings is 1. The van der Waals surface area contributed by atoms with Gasteiger partial charge in [0, 0.05) is 28.7 Å². The highest BCUT2D eigenvalue weighted by atomic mass is 32.2. The number of aromatic nitrogens is 3. The molecule has 4 rings (SSSR count). The monoisotopic (exact) mass is 411 g/mol. The van der Waals surface area contributed by atoms with E-state index in [2.05, 4.69) is 15.0 Å². The fourth-order valence-corrected chi connectivity index (χ4v) is 5.24. The molecule has 7 heteroatoms. The minimum absolute atomic E-state index is 0.204. The van der Waals surface area contributed by atoms with E-state index in [1.165, 1.54) is 0 Å². The first-order valence-corrected chi connectivity index (χ1v) is 10.8. The molecule has 1 aliphatic carbocycles. The van der Waals surface area contributed by atoms with Crippen LogP contribution in [0.2, 0.25) is 0 Å². The van der Waals surface area contributed by atoms with Gasteiger partial charge in [0.25, 0.3) is 0 Å². The summed E-state index contributed by atoms with van der Waals surface area (Å²) in [5.41, 5.74) is 4.01. The van der Waals surface area contributed by atoms with E-state index in [0.29, 0.717) is 10.9 Å². The summed E-state index contributed by atoms with van der Waals surface area (Å²) in [6, 6.07) is 5.75. The lowest BCUT2D eigenvalue weighted by molar-refractivity contribution is -0.126. The Kier molecular flexibility index (Phi) is 4.42. The number of carbonyl (C=O) groups excluding carboxylic acids is 1. The average molecular weight is 412 g/mol. The molecule has 6 nitrogen and oxygen atoms in total. The molecule has 152 valence electrons. The summed E-state index contributed by atoms with van der Waals surface area (Å²) in [7, 11) is 0.228. The van der Waals surface area contributed by atoms with Gasteiger partial charge in [-0.25, -0.2) is 4.98 Å². The van der Waals surface area contributed by atoms with Gasteiger partial charge in [0.15, 0.2) is 10.9 Å². The molecule has 3 aromatic rings. The molecule has 0 aliphatic heterocycles. The first-order chi connectivity index (χ1) is 13.6. The normalized spacial score (nSPS) is 18.1. The first kappa shape index (κ1) is 19.8. The predicted octanol–water partition coefficient (Wildman–Crippen LogP) is 3.72. The van der Waals surface area contributed by atoms with Crippen molar-refractivity contribution in [3.63, 3.8) is 0 Å². The molecule has 0 saturated heterocycles. The van der Waals surface area contributed by atoms with Crippen LogP contribution in [-0.2, 0) is 32.2 Å². The summed E-state index contributed by atoms with van der Waals surface area (Å²) < 4.78 is 18.2. The number of hydrogen-bond donors (Lipinski definition) is 1. The van der Waals surface area contributed by atoms with Crippen molar-refractivity contribution in [1.29, 1.82) is 0 Å². The van der Waals surface area contributed by atoms with Crippen molar-refractivity contribution in [2.75, 3.05) is 7.11 Å². The highest BCUT2D eigenvalue weighted by Crippen LogP contribution is 2.47. The van der Waals surface area contributed by atoms with Crippen molar-refractivity contribution in [1.82, 2.24) is 15.0 Å². The number of ether oxygens (including phenoxy) is 1. The van der Waals surface area contributed by atoms with Gasteiger partial charge in [-0.3, -0.25) is 14.0 Å². The van der Waals surface area contributed by atoms with Crippen LogP contribution < -0.4 is 4.74 Å². The number of hydrogen-bond acceptors (Lipinski definition) is 5. The van der Waals surface area contributed by atoms with Crippen LogP contribution in [0.4, 0.5) is 0 Å². The van der Waals surface area contributed by atoms with Crippen molar-refractivity contribution < 1.29 is 13.7 Å². The maximum absolute atomic E-state index is 12.9. The summed E-state index contributed by atoms with van der Waals surface area (Å²) in [4.78, 5) is 25.0. The molecular weight excluding hydrogens is 386 g/mol. The van der Waals surface area contributed by atoms with Crippen LogP contribution in [0, 0.1) is 6.92 Å². The number of imidazole rings is 1. The van der Waals surface area contributed by atoms with Crippen molar-refractivity contribution in [3.05, 3.63) is 46.8 Å². The highest BCUT2D eigenvalue weighted by Gasteiger charge is 2.50. The number of aromatic amines is 1. The highest BCUT2D eigenvalue weighted by molar-refractivity contribution is 7.84. The van der Waals surface area contributed by atoms with Crippen molar-refractivity contribution in [3.8, 4) is 5.75 Å². The van der Waals surface area contributed by atoms with Gasteiger partial charge in [-0.1, -0.05) is 0 Å². The Bertz CT molecular complexity index is 1120. The third-order valence-electron chi connectivity index (χ3n) is 5.91. The zero-order chi connectivity index (χ0) is 21.1. The number of carbonyl (C=O) groups is 1. The molecule has 1 aliphatic rings. The molecule has 0 spiro atoms. The Balaban J connectivity index is 1.70. The van der Waals surface area contributed by atoms with Crippen molar-refractivity contribution in [2.45, 2.75) is 56.4 Å². The third kappa shape index (κ3) is 2.99. The molecule has 0 bridgehead atoms. The second kappa shape index (κ2) is 6.49. The quantitative estimate of drug-likeness (QED) is 0.707. The number of nitrogens with one attached hydrogen (secondary N) is 1. The van der Waals surface area contributed by atoms with E-state index in [9.17, 15) is 9.00 Å². The Morgan fingerprint density at radius 2 is 1.76 bits per heavy atom. The molecule has 29 heavy (non-hydrogen) atoms. The smallest absolute Gasteiger partial charge is 0.197 e. The number of Topliss-reactive ketones (excluding diaryl/α,β-unsaturated/α-hetero) is 1. The van der Waals surface area contributed by atoms with Gasteiger partial charge < -0.3 is 9.72 Å². The SMILES string of the molecule is COc1cc(CS(=O)c2nc3cc4c(cc3[nH]2)C(C)(C)C(=O)C4(C)C)ncc1C. The lowest BCUT2D eigenvalue weighted by Crippen LogP contribution is -2.33. The second-order valence-corrected chi connectivity index (χ2v) is 10.0. The largest absolute Gasteiger partial charge is 0.496 e. The third-order valence-corrected chi connectivity index (χ3v) is 7.09. The van der Waals surface area contributed by atoms with Crippen LogP contribution in [0.25, 0.3) is 11.0 Å². The number of fused-ring (bicyclic) bond motifs is 2. The van der Waals surface area contributed by atoms with Crippen molar-refractivity contribution in [2.24, 2.45) is 0 Å². The van der Waals surface area contributed by atoms with Gasteiger partial charge in [0.05, 0.1) is 40.4 Å². The van der Waals surface area contributed by atoms with Crippen molar-refractivity contribution >= 4 is 27.6 Å². The first-order valence-electron chi connectivity index (χ1n) is 9.53. The average Bonchev–Trinajstić information content (AvgIpc) is 3.15. The van der Waals surface area contributed by atoms with Crippen LogP contribution in [0.1, 0.15) is 50.1 Å². The minimum atomic E-state index is -1.38. The second-order valence-electron chi connectivity index (χ2n) is 8.67. The zero-order valence-electron chi connectivity index (χ0n) is 17.5. The van der Waals surface area contributed by atoms with E-state index < -0.39 is 21.6 Å². The Hall–Kier alpha value is -2.54. The number of nitrogens with zero attached hydrogens (tertiary/aromatic N) is 2. The van der Waals surface area contributed by atoms with E-state index in [-0.39, 0.29) is 11.5 Å². The molecular formula is C22H25N3O3S. The fraction of sp³-hybridized carbons (Fsp3) is 0.409. The molecule has 1 N–H and O–H groups in total. The Morgan fingerprint density at radius 1 is 1.10 bits per heavy atom. The van der Waals surface area contributed by atoms with E-state index in [1.807, 2.05) is 46.8 Å². The van der Waals surface area contributed by atoms with Gasteiger partial charge >= 0.3 is 0 Å². The number of H-pyrrole nitrogens is 1. The van der Waals surface area contributed by atoms with Gasteiger partial charge in [0.2, 0.25) is 0 Å². The molecule has 2 heterocycles. The molecule has 0 radical (unpaired) electrons. The number of rotatable bonds is 4. The topological polar surface area (TPSA) is 84.9 Å². The maximum Gasteiger partial charge on any atom is 0.197 e. The molecule has 0 saturated carbocycles. The van der Waals surface area contributed by atoms with Gasteiger partial charge in [-0.2, -0.15) is 0 Å². The van der Waals surface area contributed by atoms with Crippen LogP contribution in [0.3, 0.4) is 0 Å².